The lowest BCUT2D eigenvalue weighted by Crippen LogP contribution is -2.20. The Morgan fingerprint density at radius 3 is 2.37 bits per heavy atom. The summed E-state index contributed by atoms with van der Waals surface area (Å²) < 4.78 is 7.90. The molecule has 142 valence electrons. The van der Waals surface area contributed by atoms with Crippen LogP contribution in [0, 0.1) is 0 Å². The van der Waals surface area contributed by atoms with E-state index < -0.39 is 0 Å². The Morgan fingerprint density at radius 2 is 1.78 bits per heavy atom. The van der Waals surface area contributed by atoms with Crippen LogP contribution in [0.25, 0.3) is 11.3 Å². The van der Waals surface area contributed by atoms with E-state index in [0.717, 1.165) is 28.1 Å². The van der Waals surface area contributed by atoms with Crippen LogP contribution < -0.4 is 10.5 Å². The van der Waals surface area contributed by atoms with Crippen molar-refractivity contribution >= 4 is 17.3 Å². The van der Waals surface area contributed by atoms with Crippen molar-refractivity contribution in [3.8, 4) is 17.0 Å². The normalized spacial score (nSPS) is 11.8. The molecule has 4 nitrogen and oxygen atoms in total. The second-order valence-corrected chi connectivity index (χ2v) is 8.09. The Morgan fingerprint density at radius 1 is 1.07 bits per heavy atom. The molecule has 0 saturated carbocycles. The number of halogens is 1. The minimum Gasteiger partial charge on any atom is -0.491 e. The summed E-state index contributed by atoms with van der Waals surface area (Å²) in [5, 5.41) is 4.94. The monoisotopic (exact) mass is 383 g/mol. The molecule has 1 aromatic heterocycles. The lowest BCUT2D eigenvalue weighted by molar-refractivity contribution is 0.242. The molecule has 0 saturated heterocycles. The van der Waals surface area contributed by atoms with Gasteiger partial charge >= 0.3 is 0 Å². The molecule has 0 aliphatic carbocycles. The van der Waals surface area contributed by atoms with Crippen LogP contribution in [0.3, 0.4) is 0 Å². The van der Waals surface area contributed by atoms with E-state index in [-0.39, 0.29) is 11.5 Å². The molecule has 0 fully saturated rings. The van der Waals surface area contributed by atoms with Gasteiger partial charge in [0.25, 0.3) is 0 Å². The molecule has 0 bridgehead atoms. The van der Waals surface area contributed by atoms with Crippen molar-refractivity contribution in [1.29, 1.82) is 0 Å². The maximum Gasteiger partial charge on any atom is 0.120 e. The maximum atomic E-state index is 6.26. The van der Waals surface area contributed by atoms with Crippen molar-refractivity contribution < 1.29 is 4.74 Å². The highest BCUT2D eigenvalue weighted by Gasteiger charge is 2.26. The molecule has 1 heterocycles. The molecule has 0 aliphatic heterocycles. The van der Waals surface area contributed by atoms with E-state index in [1.807, 2.05) is 43.8 Å². The lowest BCUT2D eigenvalue weighted by Gasteiger charge is -2.28. The molecule has 27 heavy (non-hydrogen) atoms. The van der Waals surface area contributed by atoms with Gasteiger partial charge in [-0.25, -0.2) is 0 Å². The second-order valence-electron chi connectivity index (χ2n) is 7.65. The number of aryl methyl sites for hydroxylation is 1. The largest absolute Gasteiger partial charge is 0.491 e. The van der Waals surface area contributed by atoms with Crippen molar-refractivity contribution in [3.63, 3.8) is 0 Å². The van der Waals surface area contributed by atoms with E-state index in [1.165, 1.54) is 0 Å². The number of aromatic nitrogens is 2. The van der Waals surface area contributed by atoms with E-state index in [2.05, 4.69) is 37.1 Å². The molecule has 3 rings (SSSR count). The zero-order valence-electron chi connectivity index (χ0n) is 16.5. The van der Waals surface area contributed by atoms with Gasteiger partial charge < -0.3 is 10.5 Å². The number of ether oxygens (including phenoxy) is 1. The van der Waals surface area contributed by atoms with Crippen LogP contribution in [0.1, 0.15) is 38.8 Å². The van der Waals surface area contributed by atoms with E-state index in [0.29, 0.717) is 10.7 Å². The Bertz CT molecular complexity index is 940. The summed E-state index contributed by atoms with van der Waals surface area (Å²) in [5.74, 6) is 0.835. The third kappa shape index (κ3) is 4.11. The standard InChI is InChI=1S/C22H26ClN3O/c1-14(2)27-20-9-15(21-6-7-25-26(21)5)8-16(12-20)22(3,4)17-10-18(23)13-19(24)11-17/h6-14H,24H2,1-5H3. The van der Waals surface area contributed by atoms with Gasteiger partial charge in [-0.3, -0.25) is 4.68 Å². The molecule has 3 aromatic rings. The van der Waals surface area contributed by atoms with Crippen molar-refractivity contribution in [3.05, 3.63) is 64.8 Å². The number of anilines is 1. The minimum absolute atomic E-state index is 0.0876. The average molecular weight is 384 g/mol. The van der Waals surface area contributed by atoms with Gasteiger partial charge in [0.05, 0.1) is 11.8 Å². The Balaban J connectivity index is 2.17. The first-order valence-corrected chi connectivity index (χ1v) is 9.42. The highest BCUT2D eigenvalue weighted by atomic mass is 35.5. The predicted octanol–water partition coefficient (Wildman–Crippen LogP) is 5.44. The van der Waals surface area contributed by atoms with E-state index in [9.17, 15) is 0 Å². The number of nitrogens with zero attached hydrogens (tertiary/aromatic N) is 2. The second kappa shape index (κ2) is 7.28. The minimum atomic E-state index is -0.303. The van der Waals surface area contributed by atoms with Gasteiger partial charge in [-0.05, 0) is 67.4 Å². The van der Waals surface area contributed by atoms with Crippen molar-refractivity contribution in [2.24, 2.45) is 7.05 Å². The van der Waals surface area contributed by atoms with Gasteiger partial charge in [0.15, 0.2) is 0 Å². The number of benzene rings is 2. The van der Waals surface area contributed by atoms with Crippen LogP contribution in [-0.2, 0) is 12.5 Å². The first kappa shape index (κ1) is 19.3. The van der Waals surface area contributed by atoms with E-state index >= 15 is 0 Å². The zero-order chi connectivity index (χ0) is 19.8. The van der Waals surface area contributed by atoms with Crippen LogP contribution in [0.5, 0.6) is 5.75 Å². The van der Waals surface area contributed by atoms with Gasteiger partial charge in [0.1, 0.15) is 5.75 Å². The molecule has 0 unspecified atom stereocenters. The molecule has 0 radical (unpaired) electrons. The summed E-state index contributed by atoms with van der Waals surface area (Å²) in [6, 6.07) is 14.0. The molecule has 0 amide bonds. The van der Waals surface area contributed by atoms with Gasteiger partial charge in [0.2, 0.25) is 0 Å². The molecular weight excluding hydrogens is 358 g/mol. The van der Waals surface area contributed by atoms with Crippen molar-refractivity contribution in [1.82, 2.24) is 9.78 Å². The smallest absolute Gasteiger partial charge is 0.120 e. The summed E-state index contributed by atoms with van der Waals surface area (Å²) in [6.45, 7) is 8.39. The molecule has 2 aromatic carbocycles. The Kier molecular flexibility index (Phi) is 5.20. The third-order valence-electron chi connectivity index (χ3n) is 4.76. The van der Waals surface area contributed by atoms with Gasteiger partial charge in [-0.2, -0.15) is 5.10 Å². The average Bonchev–Trinajstić information content (AvgIpc) is 2.99. The first-order valence-electron chi connectivity index (χ1n) is 9.04. The predicted molar refractivity (Wildman–Crippen MR) is 112 cm³/mol. The number of hydrogen-bond acceptors (Lipinski definition) is 3. The summed E-state index contributed by atoms with van der Waals surface area (Å²) in [6.07, 6.45) is 1.89. The fourth-order valence-corrected chi connectivity index (χ4v) is 3.49. The van der Waals surface area contributed by atoms with E-state index in [1.54, 1.807) is 12.3 Å². The highest BCUT2D eigenvalue weighted by molar-refractivity contribution is 6.30. The maximum absolute atomic E-state index is 6.26. The van der Waals surface area contributed by atoms with E-state index in [4.69, 9.17) is 22.1 Å². The highest BCUT2D eigenvalue weighted by Crippen LogP contribution is 2.38. The number of nitrogens with two attached hydrogens (primary N) is 1. The van der Waals surface area contributed by atoms with Gasteiger partial charge in [-0.1, -0.05) is 25.4 Å². The van der Waals surface area contributed by atoms with Crippen LogP contribution in [0.15, 0.2) is 48.7 Å². The lowest BCUT2D eigenvalue weighted by atomic mass is 9.77. The molecule has 2 N–H and O–H groups in total. The number of rotatable bonds is 5. The van der Waals surface area contributed by atoms with Crippen LogP contribution >= 0.6 is 11.6 Å². The number of hydrogen-bond donors (Lipinski definition) is 1. The molecule has 5 heteroatoms. The quantitative estimate of drug-likeness (QED) is 0.597. The molecule has 0 aliphatic rings. The SMILES string of the molecule is CC(C)Oc1cc(-c2ccnn2C)cc(C(C)(C)c2cc(N)cc(Cl)c2)c1. The fourth-order valence-electron chi connectivity index (χ4n) is 3.24. The molecule has 0 atom stereocenters. The van der Waals surface area contributed by atoms with Crippen molar-refractivity contribution in [2.75, 3.05) is 5.73 Å². The summed E-state index contributed by atoms with van der Waals surface area (Å²) in [7, 11) is 1.94. The van der Waals surface area contributed by atoms with Crippen LogP contribution in [-0.4, -0.2) is 15.9 Å². The fraction of sp³-hybridized carbons (Fsp3) is 0.318. The molecular formula is C22H26ClN3O. The summed E-state index contributed by atoms with van der Waals surface area (Å²) >= 11 is 6.26. The van der Waals surface area contributed by atoms with Crippen LogP contribution in [0.4, 0.5) is 5.69 Å². The summed E-state index contributed by atoms with van der Waals surface area (Å²) in [5.41, 5.74) is 10.7. The molecule has 0 spiro atoms. The third-order valence-corrected chi connectivity index (χ3v) is 4.98. The topological polar surface area (TPSA) is 53.1 Å². The first-order chi connectivity index (χ1) is 12.7. The summed E-state index contributed by atoms with van der Waals surface area (Å²) in [4.78, 5) is 0. The Labute approximate surface area is 165 Å². The van der Waals surface area contributed by atoms with Gasteiger partial charge in [-0.15, -0.1) is 0 Å². The van der Waals surface area contributed by atoms with Crippen molar-refractivity contribution in [2.45, 2.75) is 39.2 Å². The zero-order valence-corrected chi connectivity index (χ0v) is 17.2. The van der Waals surface area contributed by atoms with Gasteiger partial charge in [0, 0.05) is 34.9 Å². The number of nitrogen functional groups attached to an aromatic ring is 1. The van der Waals surface area contributed by atoms with Crippen LogP contribution in [0.2, 0.25) is 5.02 Å². The Hall–Kier alpha value is -2.46.